The van der Waals surface area contributed by atoms with Gasteiger partial charge in [-0.2, -0.15) is 5.37 Å². The summed E-state index contributed by atoms with van der Waals surface area (Å²) in [5.74, 6) is 0.562. The Labute approximate surface area is 147 Å². The summed E-state index contributed by atoms with van der Waals surface area (Å²) in [5.41, 5.74) is 3.36. The van der Waals surface area contributed by atoms with E-state index >= 15 is 0 Å². The molecule has 4 heteroatoms. The third kappa shape index (κ3) is 4.71. The van der Waals surface area contributed by atoms with Crippen molar-refractivity contribution in [2.75, 3.05) is 0 Å². The van der Waals surface area contributed by atoms with Crippen LogP contribution in [0.2, 0.25) is 5.02 Å². The van der Waals surface area contributed by atoms with E-state index in [2.05, 4.69) is 18.2 Å². The molecule has 0 fully saturated rings. The molecular formula is C19H16ClOS2-. The number of hydrogen-bond donors (Lipinski definition) is 0. The quantitative estimate of drug-likeness (QED) is 0.429. The molecule has 23 heavy (non-hydrogen) atoms. The monoisotopic (exact) mass is 359 g/mol. The fourth-order valence-electron chi connectivity index (χ4n) is 2.26. The second kappa shape index (κ2) is 7.82. The van der Waals surface area contributed by atoms with Crippen LogP contribution < -0.4 is 0 Å². The first kappa shape index (κ1) is 16.3. The van der Waals surface area contributed by atoms with Crippen LogP contribution in [-0.2, 0) is 26.8 Å². The average molecular weight is 360 g/mol. The summed E-state index contributed by atoms with van der Waals surface area (Å²) in [7, 11) is -0.946. The van der Waals surface area contributed by atoms with Gasteiger partial charge in [0.15, 0.2) is 0 Å². The highest BCUT2D eigenvalue weighted by molar-refractivity contribution is 7.82. The van der Waals surface area contributed by atoms with Crippen LogP contribution in [0.1, 0.15) is 10.4 Å². The second-order valence-corrected chi connectivity index (χ2v) is 8.03. The predicted molar refractivity (Wildman–Crippen MR) is 103 cm³/mol. The third-order valence-electron chi connectivity index (χ3n) is 3.49. The Hall–Kier alpha value is -1.55. The molecule has 0 atom stereocenters. The smallest absolute Gasteiger partial charge is 0.0406 e. The zero-order valence-electron chi connectivity index (χ0n) is 12.4. The summed E-state index contributed by atoms with van der Waals surface area (Å²) in [6.45, 7) is 0. The molecule has 0 amide bonds. The molecule has 1 heterocycles. The molecule has 3 rings (SSSR count). The molecule has 0 saturated heterocycles. The first-order valence-electron chi connectivity index (χ1n) is 7.28. The summed E-state index contributed by atoms with van der Waals surface area (Å²) in [6, 6.07) is 20.1. The van der Waals surface area contributed by atoms with Gasteiger partial charge in [0, 0.05) is 9.90 Å². The Bertz CT molecular complexity index is 828. The van der Waals surface area contributed by atoms with Gasteiger partial charge in [0.1, 0.15) is 0 Å². The molecule has 0 unspecified atom stereocenters. The van der Waals surface area contributed by atoms with E-state index in [1.165, 1.54) is 4.88 Å². The Morgan fingerprint density at radius 1 is 0.957 bits per heavy atom. The molecule has 1 nitrogen and oxygen atoms in total. The number of halogens is 1. The van der Waals surface area contributed by atoms with Crippen LogP contribution in [0.4, 0.5) is 0 Å². The predicted octanol–water partition coefficient (Wildman–Crippen LogP) is 5.58. The molecule has 0 aliphatic heterocycles. The number of hydrogen-bond acceptors (Lipinski definition) is 3. The molecule has 0 bridgehead atoms. The maximum absolute atomic E-state index is 12.1. The highest BCUT2D eigenvalue weighted by atomic mass is 35.5. The summed E-state index contributed by atoms with van der Waals surface area (Å²) in [5, 5.41) is 4.67. The molecule has 0 N–H and O–H groups in total. The molecular weight excluding hydrogens is 344 g/mol. The van der Waals surface area contributed by atoms with Gasteiger partial charge in [-0.1, -0.05) is 65.4 Å². The average Bonchev–Trinajstić information content (AvgIpc) is 3.08. The van der Waals surface area contributed by atoms with E-state index < -0.39 is 10.4 Å². The SMILES string of the molecule is O=[S-](=C\Cc1cccs1)/Cc1ccc(-c2ccc(Cl)cc2)cc1. The van der Waals surface area contributed by atoms with Gasteiger partial charge in [0.05, 0.1) is 0 Å². The molecule has 0 aliphatic rings. The van der Waals surface area contributed by atoms with Crippen LogP contribution in [-0.4, -0.2) is 5.37 Å². The summed E-state index contributed by atoms with van der Waals surface area (Å²) < 4.78 is 12.1. The van der Waals surface area contributed by atoms with Gasteiger partial charge in [-0.3, -0.25) is 10.4 Å². The fourth-order valence-corrected chi connectivity index (χ4v) is 4.17. The maximum Gasteiger partial charge on any atom is 0.0406 e. The topological polar surface area (TPSA) is 17.1 Å². The Morgan fingerprint density at radius 2 is 1.61 bits per heavy atom. The van der Waals surface area contributed by atoms with Gasteiger partial charge in [-0.15, -0.1) is 11.3 Å². The number of thiophene rings is 1. The van der Waals surface area contributed by atoms with Crippen molar-refractivity contribution >= 4 is 38.7 Å². The van der Waals surface area contributed by atoms with Crippen molar-refractivity contribution in [1.29, 1.82) is 0 Å². The number of benzene rings is 2. The first-order chi connectivity index (χ1) is 11.2. The van der Waals surface area contributed by atoms with Gasteiger partial charge in [-0.25, -0.2) is 0 Å². The largest absolute Gasteiger partial charge is 0.461 e. The highest BCUT2D eigenvalue weighted by Crippen LogP contribution is 2.22. The molecule has 118 valence electrons. The first-order valence-corrected chi connectivity index (χ1v) is 9.92. The molecule has 0 saturated carbocycles. The minimum atomic E-state index is -0.946. The molecule has 0 radical (unpaired) electrons. The lowest BCUT2D eigenvalue weighted by atomic mass is 10.0. The van der Waals surface area contributed by atoms with Crippen LogP contribution >= 0.6 is 22.9 Å². The minimum Gasteiger partial charge on any atom is -0.461 e. The van der Waals surface area contributed by atoms with E-state index in [0.717, 1.165) is 28.1 Å². The van der Waals surface area contributed by atoms with Crippen molar-refractivity contribution in [2.24, 2.45) is 0 Å². The van der Waals surface area contributed by atoms with Crippen LogP contribution in [0, 0.1) is 0 Å². The van der Waals surface area contributed by atoms with Crippen LogP contribution in [0.3, 0.4) is 0 Å². The van der Waals surface area contributed by atoms with E-state index in [1.54, 1.807) is 11.3 Å². The van der Waals surface area contributed by atoms with E-state index in [0.29, 0.717) is 5.75 Å². The van der Waals surface area contributed by atoms with Gasteiger partial charge in [0.2, 0.25) is 0 Å². The van der Waals surface area contributed by atoms with Crippen molar-refractivity contribution in [1.82, 2.24) is 0 Å². The summed E-state index contributed by atoms with van der Waals surface area (Å²) in [4.78, 5) is 1.25. The van der Waals surface area contributed by atoms with Gasteiger partial charge in [0.25, 0.3) is 0 Å². The normalized spacial score (nSPS) is 12.4. The standard InChI is InChI=1S/C19H16ClOS2/c20-18-9-7-17(8-10-18)16-5-3-15(4-6-16)14-23(21)13-11-19-2-1-12-22-19/h1-10,12-13H,11,14H2/q-1. The lowest BCUT2D eigenvalue weighted by Crippen LogP contribution is -1.92. The second-order valence-electron chi connectivity index (χ2n) is 5.18. The van der Waals surface area contributed by atoms with Crippen molar-refractivity contribution in [2.45, 2.75) is 12.2 Å². The lowest BCUT2D eigenvalue weighted by Gasteiger charge is -2.07. The van der Waals surface area contributed by atoms with E-state index in [9.17, 15) is 4.21 Å². The van der Waals surface area contributed by atoms with Crippen molar-refractivity contribution < 1.29 is 4.21 Å². The summed E-state index contributed by atoms with van der Waals surface area (Å²) in [6.07, 6.45) is 0.771. The fraction of sp³-hybridized carbons (Fsp3) is 0.105. The van der Waals surface area contributed by atoms with Crippen LogP contribution in [0.25, 0.3) is 11.1 Å². The number of rotatable bonds is 5. The zero-order chi connectivity index (χ0) is 16.1. The van der Waals surface area contributed by atoms with Crippen molar-refractivity contribution in [3.05, 3.63) is 81.5 Å². The Kier molecular flexibility index (Phi) is 5.55. The molecule has 2 aromatic carbocycles. The van der Waals surface area contributed by atoms with E-state index in [4.69, 9.17) is 11.6 Å². The van der Waals surface area contributed by atoms with E-state index in [-0.39, 0.29) is 0 Å². The third-order valence-corrected chi connectivity index (χ3v) is 5.80. The van der Waals surface area contributed by atoms with Crippen molar-refractivity contribution in [3.8, 4) is 11.1 Å². The van der Waals surface area contributed by atoms with Crippen LogP contribution in [0.15, 0.2) is 66.0 Å². The zero-order valence-corrected chi connectivity index (χ0v) is 14.8. The Balaban J connectivity index is 1.66. The lowest BCUT2D eigenvalue weighted by molar-refractivity contribution is 0.603. The van der Waals surface area contributed by atoms with Gasteiger partial charge < -0.3 is 4.21 Å². The molecule has 1 aromatic heterocycles. The molecule has 3 aromatic rings. The van der Waals surface area contributed by atoms with Crippen molar-refractivity contribution in [3.63, 3.8) is 0 Å². The minimum absolute atomic E-state index is 0.562. The molecule has 0 aliphatic carbocycles. The van der Waals surface area contributed by atoms with E-state index in [1.807, 2.05) is 53.2 Å². The molecule has 0 spiro atoms. The van der Waals surface area contributed by atoms with Gasteiger partial charge >= 0.3 is 0 Å². The Morgan fingerprint density at radius 3 is 2.22 bits per heavy atom. The maximum atomic E-state index is 12.1. The van der Waals surface area contributed by atoms with Gasteiger partial charge in [-0.05, 0) is 41.1 Å². The van der Waals surface area contributed by atoms with Crippen LogP contribution in [0.5, 0.6) is 0 Å². The highest BCUT2D eigenvalue weighted by Gasteiger charge is 1.97. The summed E-state index contributed by atoms with van der Waals surface area (Å²) >= 11 is 7.61.